The summed E-state index contributed by atoms with van der Waals surface area (Å²) in [4.78, 5) is 4.00. The fraction of sp³-hybridized carbons (Fsp3) is 0.100. The quantitative estimate of drug-likeness (QED) is 0.531. The number of nitrogens with one attached hydrogen (secondary N) is 2. The Hall–Kier alpha value is -2.37. The van der Waals surface area contributed by atoms with Crippen molar-refractivity contribution in [3.63, 3.8) is 0 Å². The zero-order valence-electron chi connectivity index (χ0n) is 8.69. The molecule has 0 spiro atoms. The number of ether oxygens (including phenoxy) is 1. The van der Waals surface area contributed by atoms with Crippen LogP contribution in [-0.4, -0.2) is 21.0 Å². The number of hydrogen-bond donors (Lipinski definition) is 3. The van der Waals surface area contributed by atoms with Crippen molar-refractivity contribution in [1.29, 1.82) is 5.41 Å². The molecule has 0 amide bonds. The maximum Gasteiger partial charge on any atom is 0.240 e. The van der Waals surface area contributed by atoms with E-state index < -0.39 is 0 Å². The molecule has 6 heteroatoms. The second-order valence-electron chi connectivity index (χ2n) is 3.29. The lowest BCUT2D eigenvalue weighted by Crippen LogP contribution is -2.11. The fourth-order valence-electron chi connectivity index (χ4n) is 1.19. The monoisotopic (exact) mass is 217 g/mol. The normalized spacial score (nSPS) is 10.1. The SMILES string of the molecule is Cc1cc(Oc2cc(C(=N)N)ccn2)n[nH]1. The third-order valence-corrected chi connectivity index (χ3v) is 1.94. The van der Waals surface area contributed by atoms with Crippen LogP contribution in [0.2, 0.25) is 0 Å². The fourth-order valence-corrected chi connectivity index (χ4v) is 1.19. The van der Waals surface area contributed by atoms with Crippen LogP contribution in [0.1, 0.15) is 11.3 Å². The predicted molar refractivity (Wildman–Crippen MR) is 58.7 cm³/mol. The molecule has 2 rings (SSSR count). The van der Waals surface area contributed by atoms with E-state index in [-0.39, 0.29) is 5.84 Å². The summed E-state index contributed by atoms with van der Waals surface area (Å²) in [5.74, 6) is 0.773. The molecule has 0 unspecified atom stereocenters. The molecule has 0 aromatic carbocycles. The highest BCUT2D eigenvalue weighted by Crippen LogP contribution is 2.17. The molecule has 82 valence electrons. The van der Waals surface area contributed by atoms with Crippen molar-refractivity contribution < 1.29 is 4.74 Å². The van der Waals surface area contributed by atoms with Gasteiger partial charge in [-0.25, -0.2) is 4.98 Å². The number of hydrogen-bond acceptors (Lipinski definition) is 4. The molecule has 0 aliphatic heterocycles. The zero-order valence-corrected chi connectivity index (χ0v) is 8.69. The van der Waals surface area contributed by atoms with Gasteiger partial charge in [0, 0.05) is 29.6 Å². The Labute approximate surface area is 92.0 Å². The van der Waals surface area contributed by atoms with Crippen molar-refractivity contribution in [3.05, 3.63) is 35.7 Å². The van der Waals surface area contributed by atoms with E-state index in [2.05, 4.69) is 15.2 Å². The van der Waals surface area contributed by atoms with Crippen molar-refractivity contribution in [2.24, 2.45) is 5.73 Å². The smallest absolute Gasteiger partial charge is 0.240 e. The van der Waals surface area contributed by atoms with Gasteiger partial charge in [0.2, 0.25) is 11.8 Å². The Balaban J connectivity index is 2.21. The number of pyridine rings is 1. The topological polar surface area (TPSA) is 101 Å². The lowest BCUT2D eigenvalue weighted by atomic mass is 10.2. The maximum atomic E-state index is 7.29. The summed E-state index contributed by atoms with van der Waals surface area (Å²) in [5, 5.41) is 14.0. The molecule has 0 fully saturated rings. The molecule has 0 radical (unpaired) electrons. The van der Waals surface area contributed by atoms with Crippen molar-refractivity contribution in [1.82, 2.24) is 15.2 Å². The predicted octanol–water partition coefficient (Wildman–Crippen LogP) is 1.19. The molecule has 2 aromatic heterocycles. The van der Waals surface area contributed by atoms with E-state index in [1.165, 1.54) is 6.20 Å². The Morgan fingerprint density at radius 1 is 1.44 bits per heavy atom. The summed E-state index contributed by atoms with van der Waals surface area (Å²) in [5.41, 5.74) is 6.83. The number of nitrogen functional groups attached to an aromatic ring is 1. The number of nitrogens with zero attached hydrogens (tertiary/aromatic N) is 2. The van der Waals surface area contributed by atoms with Crippen LogP contribution in [0.4, 0.5) is 0 Å². The van der Waals surface area contributed by atoms with Crippen molar-refractivity contribution in [2.45, 2.75) is 6.92 Å². The molecule has 2 heterocycles. The van der Waals surface area contributed by atoms with Crippen LogP contribution in [0.3, 0.4) is 0 Å². The minimum absolute atomic E-state index is 0.0227. The molecule has 0 saturated carbocycles. The Bertz CT molecular complexity index is 519. The molecule has 0 saturated heterocycles. The molecule has 0 aliphatic carbocycles. The maximum absolute atomic E-state index is 7.29. The summed E-state index contributed by atoms with van der Waals surface area (Å²) in [6, 6.07) is 4.99. The lowest BCUT2D eigenvalue weighted by Gasteiger charge is -2.02. The molecular formula is C10H11N5O. The minimum atomic E-state index is -0.0227. The van der Waals surface area contributed by atoms with Crippen LogP contribution in [0, 0.1) is 12.3 Å². The third kappa shape index (κ3) is 2.17. The molecule has 16 heavy (non-hydrogen) atoms. The highest BCUT2D eigenvalue weighted by atomic mass is 16.5. The van der Waals surface area contributed by atoms with Gasteiger partial charge in [-0.3, -0.25) is 10.5 Å². The highest BCUT2D eigenvalue weighted by Gasteiger charge is 2.04. The van der Waals surface area contributed by atoms with Crippen molar-refractivity contribution in [2.75, 3.05) is 0 Å². The van der Waals surface area contributed by atoms with Gasteiger partial charge in [0.15, 0.2) is 0 Å². The largest absolute Gasteiger partial charge is 0.419 e. The standard InChI is InChI=1S/C10H11N5O/c1-6-4-9(15-14-6)16-8-5-7(10(11)12)2-3-13-8/h2-5H,1H3,(H3,11,12)(H,14,15). The summed E-state index contributed by atoms with van der Waals surface area (Å²) in [6.45, 7) is 1.87. The first-order valence-electron chi connectivity index (χ1n) is 4.65. The Morgan fingerprint density at radius 3 is 2.88 bits per heavy atom. The van der Waals surface area contributed by atoms with Gasteiger partial charge in [-0.1, -0.05) is 0 Å². The molecule has 2 aromatic rings. The number of nitrogens with two attached hydrogens (primary N) is 1. The summed E-state index contributed by atoms with van der Waals surface area (Å²) in [6.07, 6.45) is 1.53. The summed E-state index contributed by atoms with van der Waals surface area (Å²) < 4.78 is 5.38. The Morgan fingerprint density at radius 2 is 2.25 bits per heavy atom. The van der Waals surface area contributed by atoms with E-state index in [0.717, 1.165) is 5.69 Å². The van der Waals surface area contributed by atoms with Gasteiger partial charge < -0.3 is 10.5 Å². The summed E-state index contributed by atoms with van der Waals surface area (Å²) in [7, 11) is 0. The van der Waals surface area contributed by atoms with E-state index in [9.17, 15) is 0 Å². The number of rotatable bonds is 3. The van der Waals surface area contributed by atoms with Crippen molar-refractivity contribution in [3.8, 4) is 11.8 Å². The second-order valence-corrected chi connectivity index (χ2v) is 3.29. The minimum Gasteiger partial charge on any atom is -0.419 e. The zero-order chi connectivity index (χ0) is 11.5. The Kier molecular flexibility index (Phi) is 2.55. The molecule has 0 bridgehead atoms. The van der Waals surface area contributed by atoms with E-state index in [1.807, 2.05) is 6.92 Å². The van der Waals surface area contributed by atoms with Gasteiger partial charge in [0.05, 0.1) is 0 Å². The van der Waals surface area contributed by atoms with E-state index in [1.54, 1.807) is 18.2 Å². The first kappa shape index (κ1) is 10.2. The molecule has 4 N–H and O–H groups in total. The number of aromatic amines is 1. The van der Waals surface area contributed by atoms with Crippen LogP contribution in [0.15, 0.2) is 24.4 Å². The molecule has 0 aliphatic rings. The van der Waals surface area contributed by atoms with Crippen LogP contribution >= 0.6 is 0 Å². The average molecular weight is 217 g/mol. The first-order valence-corrected chi connectivity index (χ1v) is 4.65. The molecule has 6 nitrogen and oxygen atoms in total. The number of aromatic nitrogens is 3. The van der Waals surface area contributed by atoms with Gasteiger partial charge in [-0.15, -0.1) is 5.10 Å². The van der Waals surface area contributed by atoms with Crippen molar-refractivity contribution >= 4 is 5.84 Å². The average Bonchev–Trinajstić information content (AvgIpc) is 2.64. The molecule has 0 atom stereocenters. The van der Waals surface area contributed by atoms with Gasteiger partial charge >= 0.3 is 0 Å². The van der Waals surface area contributed by atoms with Crippen LogP contribution in [-0.2, 0) is 0 Å². The molecular weight excluding hydrogens is 206 g/mol. The van der Waals surface area contributed by atoms with Gasteiger partial charge in [0.1, 0.15) is 5.84 Å². The van der Waals surface area contributed by atoms with Crippen LogP contribution in [0.25, 0.3) is 0 Å². The highest BCUT2D eigenvalue weighted by molar-refractivity contribution is 5.95. The number of aryl methyl sites for hydroxylation is 1. The van der Waals surface area contributed by atoms with Gasteiger partial charge in [0.25, 0.3) is 0 Å². The number of amidine groups is 1. The van der Waals surface area contributed by atoms with Gasteiger partial charge in [-0.2, -0.15) is 0 Å². The lowest BCUT2D eigenvalue weighted by molar-refractivity contribution is 0.443. The number of H-pyrrole nitrogens is 1. The van der Waals surface area contributed by atoms with E-state index >= 15 is 0 Å². The van der Waals surface area contributed by atoms with E-state index in [4.69, 9.17) is 15.9 Å². The first-order chi connectivity index (χ1) is 7.65. The van der Waals surface area contributed by atoms with Crippen LogP contribution < -0.4 is 10.5 Å². The van der Waals surface area contributed by atoms with Crippen LogP contribution in [0.5, 0.6) is 11.8 Å². The summed E-state index contributed by atoms with van der Waals surface area (Å²) >= 11 is 0. The second kappa shape index (κ2) is 4.01. The van der Waals surface area contributed by atoms with Gasteiger partial charge in [-0.05, 0) is 13.0 Å². The third-order valence-electron chi connectivity index (χ3n) is 1.94. The van der Waals surface area contributed by atoms with E-state index in [0.29, 0.717) is 17.3 Å².